The van der Waals surface area contributed by atoms with Gasteiger partial charge >= 0.3 is 5.97 Å². The Morgan fingerprint density at radius 3 is 2.93 bits per heavy atom. The SMILES string of the molecule is CCC(NCc1ncn(C)n1)C(=O)O. The van der Waals surface area contributed by atoms with E-state index in [-0.39, 0.29) is 0 Å². The normalized spacial score (nSPS) is 12.7. The maximum Gasteiger partial charge on any atom is 0.320 e. The van der Waals surface area contributed by atoms with Crippen LogP contribution >= 0.6 is 0 Å². The molecule has 0 radical (unpaired) electrons. The molecule has 1 aromatic rings. The van der Waals surface area contributed by atoms with Gasteiger partial charge in [-0.15, -0.1) is 0 Å². The summed E-state index contributed by atoms with van der Waals surface area (Å²) >= 11 is 0. The van der Waals surface area contributed by atoms with Crippen LogP contribution in [0.3, 0.4) is 0 Å². The number of hydrogen-bond acceptors (Lipinski definition) is 4. The van der Waals surface area contributed by atoms with Gasteiger partial charge in [-0.3, -0.25) is 14.8 Å². The number of hydrogen-bond donors (Lipinski definition) is 2. The van der Waals surface area contributed by atoms with E-state index in [1.165, 1.54) is 0 Å². The molecule has 0 spiro atoms. The highest BCUT2D eigenvalue weighted by atomic mass is 16.4. The van der Waals surface area contributed by atoms with Crippen molar-refractivity contribution < 1.29 is 9.90 Å². The van der Waals surface area contributed by atoms with Gasteiger partial charge in [0, 0.05) is 7.05 Å². The number of carboxylic acids is 1. The van der Waals surface area contributed by atoms with E-state index in [0.717, 1.165) is 0 Å². The van der Waals surface area contributed by atoms with Crippen LogP contribution in [0.2, 0.25) is 0 Å². The minimum Gasteiger partial charge on any atom is -0.480 e. The molecule has 2 N–H and O–H groups in total. The molecule has 1 heterocycles. The summed E-state index contributed by atoms with van der Waals surface area (Å²) in [6, 6.07) is -0.529. The van der Waals surface area contributed by atoms with Crippen molar-refractivity contribution in [1.29, 1.82) is 0 Å². The van der Waals surface area contributed by atoms with Gasteiger partial charge in [-0.1, -0.05) is 6.92 Å². The van der Waals surface area contributed by atoms with Crippen LogP contribution in [-0.2, 0) is 18.4 Å². The number of aromatic nitrogens is 3. The summed E-state index contributed by atoms with van der Waals surface area (Å²) < 4.78 is 1.58. The van der Waals surface area contributed by atoms with Crippen LogP contribution in [0.4, 0.5) is 0 Å². The molecule has 1 unspecified atom stereocenters. The van der Waals surface area contributed by atoms with Crippen molar-refractivity contribution in [3.05, 3.63) is 12.2 Å². The lowest BCUT2D eigenvalue weighted by molar-refractivity contribution is -0.139. The van der Waals surface area contributed by atoms with Crippen LogP contribution in [0.1, 0.15) is 19.2 Å². The second-order valence-corrected chi connectivity index (χ2v) is 3.01. The van der Waals surface area contributed by atoms with E-state index in [0.29, 0.717) is 18.8 Å². The van der Waals surface area contributed by atoms with Gasteiger partial charge in [0.1, 0.15) is 12.4 Å². The smallest absolute Gasteiger partial charge is 0.320 e. The molecule has 1 rings (SSSR count). The standard InChI is InChI=1S/C8H14N4O2/c1-3-6(8(13)14)9-4-7-10-5-12(2)11-7/h5-6,9H,3-4H2,1-2H3,(H,13,14). The maximum atomic E-state index is 10.6. The van der Waals surface area contributed by atoms with Crippen molar-refractivity contribution in [3.8, 4) is 0 Å². The number of rotatable bonds is 5. The van der Waals surface area contributed by atoms with E-state index in [4.69, 9.17) is 5.11 Å². The molecule has 0 bridgehead atoms. The van der Waals surface area contributed by atoms with Crippen LogP contribution in [0.15, 0.2) is 6.33 Å². The first-order valence-electron chi connectivity index (χ1n) is 4.44. The van der Waals surface area contributed by atoms with E-state index >= 15 is 0 Å². The zero-order valence-electron chi connectivity index (χ0n) is 8.27. The maximum absolute atomic E-state index is 10.6. The lowest BCUT2D eigenvalue weighted by atomic mass is 10.2. The van der Waals surface area contributed by atoms with Crippen LogP contribution in [0.25, 0.3) is 0 Å². The van der Waals surface area contributed by atoms with Crippen LogP contribution in [0, 0.1) is 0 Å². The Balaban J connectivity index is 2.43. The molecule has 1 atom stereocenters. The van der Waals surface area contributed by atoms with Gasteiger partial charge in [0.05, 0.1) is 6.54 Å². The first kappa shape index (κ1) is 10.6. The van der Waals surface area contributed by atoms with E-state index in [1.54, 1.807) is 18.1 Å². The molecule has 78 valence electrons. The number of nitrogens with one attached hydrogen (secondary N) is 1. The predicted octanol–water partition coefficient (Wildman–Crippen LogP) is -0.232. The lowest BCUT2D eigenvalue weighted by Gasteiger charge is -2.09. The third-order valence-corrected chi connectivity index (χ3v) is 1.86. The third kappa shape index (κ3) is 2.81. The Kier molecular flexibility index (Phi) is 3.58. The molecular weight excluding hydrogens is 184 g/mol. The molecular formula is C8H14N4O2. The summed E-state index contributed by atoms with van der Waals surface area (Å²) in [5.74, 6) is -0.240. The molecule has 14 heavy (non-hydrogen) atoms. The van der Waals surface area contributed by atoms with Crippen molar-refractivity contribution in [3.63, 3.8) is 0 Å². The van der Waals surface area contributed by atoms with E-state index in [9.17, 15) is 4.79 Å². The molecule has 0 saturated carbocycles. The number of carbonyl (C=O) groups is 1. The summed E-state index contributed by atoms with van der Waals surface area (Å²) in [5, 5.41) is 15.6. The van der Waals surface area contributed by atoms with E-state index in [2.05, 4.69) is 15.4 Å². The number of nitrogens with zero attached hydrogens (tertiary/aromatic N) is 3. The monoisotopic (exact) mass is 198 g/mol. The molecule has 0 amide bonds. The summed E-state index contributed by atoms with van der Waals surface area (Å²) in [6.07, 6.45) is 2.13. The van der Waals surface area contributed by atoms with E-state index < -0.39 is 12.0 Å². The zero-order valence-corrected chi connectivity index (χ0v) is 8.27. The third-order valence-electron chi connectivity index (χ3n) is 1.86. The minimum absolute atomic E-state index is 0.381. The van der Waals surface area contributed by atoms with Crippen LogP contribution in [0.5, 0.6) is 0 Å². The first-order chi connectivity index (χ1) is 6.63. The average molecular weight is 198 g/mol. The van der Waals surface area contributed by atoms with Crippen molar-refractivity contribution in [2.75, 3.05) is 0 Å². The van der Waals surface area contributed by atoms with Crippen molar-refractivity contribution in [2.45, 2.75) is 25.9 Å². The second kappa shape index (κ2) is 4.71. The summed E-state index contributed by atoms with van der Waals surface area (Å²) in [5.41, 5.74) is 0. The molecule has 6 heteroatoms. The van der Waals surface area contributed by atoms with Crippen molar-refractivity contribution in [2.24, 2.45) is 7.05 Å². The summed E-state index contributed by atoms with van der Waals surface area (Å²) in [7, 11) is 1.77. The highest BCUT2D eigenvalue weighted by molar-refractivity contribution is 5.73. The molecule has 0 aliphatic rings. The topological polar surface area (TPSA) is 80.0 Å². The molecule has 0 aliphatic heterocycles. The summed E-state index contributed by atoms with van der Waals surface area (Å²) in [6.45, 7) is 2.20. The van der Waals surface area contributed by atoms with Gasteiger partial charge in [0.15, 0.2) is 5.82 Å². The fourth-order valence-electron chi connectivity index (χ4n) is 1.09. The van der Waals surface area contributed by atoms with Crippen LogP contribution in [-0.4, -0.2) is 31.9 Å². The van der Waals surface area contributed by atoms with Gasteiger partial charge in [-0.25, -0.2) is 4.98 Å². The van der Waals surface area contributed by atoms with Crippen LogP contribution < -0.4 is 5.32 Å². The Morgan fingerprint density at radius 1 is 1.79 bits per heavy atom. The second-order valence-electron chi connectivity index (χ2n) is 3.01. The predicted molar refractivity (Wildman–Crippen MR) is 49.6 cm³/mol. The van der Waals surface area contributed by atoms with Gasteiger partial charge in [0.2, 0.25) is 0 Å². The lowest BCUT2D eigenvalue weighted by Crippen LogP contribution is -2.35. The largest absolute Gasteiger partial charge is 0.480 e. The molecule has 0 aliphatic carbocycles. The minimum atomic E-state index is -0.844. The Bertz CT molecular complexity index is 310. The van der Waals surface area contributed by atoms with E-state index in [1.807, 2.05) is 6.92 Å². The van der Waals surface area contributed by atoms with Crippen molar-refractivity contribution in [1.82, 2.24) is 20.1 Å². The Morgan fingerprint density at radius 2 is 2.50 bits per heavy atom. The fraction of sp³-hybridized carbons (Fsp3) is 0.625. The molecule has 0 aromatic carbocycles. The fourth-order valence-corrected chi connectivity index (χ4v) is 1.09. The zero-order chi connectivity index (χ0) is 10.6. The van der Waals surface area contributed by atoms with Gasteiger partial charge < -0.3 is 5.11 Å². The number of carboxylic acid groups (broad SMARTS) is 1. The highest BCUT2D eigenvalue weighted by Gasteiger charge is 2.14. The first-order valence-corrected chi connectivity index (χ1v) is 4.44. The Hall–Kier alpha value is -1.43. The Labute approximate surface area is 82.0 Å². The molecule has 0 saturated heterocycles. The van der Waals surface area contributed by atoms with Crippen molar-refractivity contribution >= 4 is 5.97 Å². The number of aliphatic carboxylic acids is 1. The average Bonchev–Trinajstić information content (AvgIpc) is 2.52. The summed E-state index contributed by atoms with van der Waals surface area (Å²) in [4.78, 5) is 14.6. The van der Waals surface area contributed by atoms with Gasteiger partial charge in [0.25, 0.3) is 0 Å². The number of aryl methyl sites for hydroxylation is 1. The molecule has 0 fully saturated rings. The molecule has 1 aromatic heterocycles. The highest BCUT2D eigenvalue weighted by Crippen LogP contribution is 1.94. The molecule has 6 nitrogen and oxygen atoms in total. The quantitative estimate of drug-likeness (QED) is 0.683. The van der Waals surface area contributed by atoms with Gasteiger partial charge in [-0.05, 0) is 6.42 Å². The van der Waals surface area contributed by atoms with Gasteiger partial charge in [-0.2, -0.15) is 5.10 Å².